The third kappa shape index (κ3) is 2.56. The van der Waals surface area contributed by atoms with Crippen LogP contribution in [0, 0.1) is 5.82 Å². The molecule has 1 saturated carbocycles. The minimum atomic E-state index is -0.136. The van der Waals surface area contributed by atoms with Crippen molar-refractivity contribution < 1.29 is 4.39 Å². The van der Waals surface area contributed by atoms with E-state index in [1.165, 1.54) is 24.0 Å². The number of rotatable bonds is 3. The van der Waals surface area contributed by atoms with Crippen LogP contribution in [0.1, 0.15) is 49.7 Å². The van der Waals surface area contributed by atoms with Crippen LogP contribution >= 0.6 is 0 Å². The lowest BCUT2D eigenvalue weighted by molar-refractivity contribution is 0.630. The zero-order valence-electron chi connectivity index (χ0n) is 11.5. The molecule has 0 heterocycles. The monoisotopic (exact) mass is 254 g/mol. The number of benzene rings is 2. The maximum atomic E-state index is 14.0. The van der Waals surface area contributed by atoms with Gasteiger partial charge < -0.3 is 0 Å². The number of halogens is 1. The minimum absolute atomic E-state index is 0.136. The Kier molecular flexibility index (Phi) is 3.14. The standard InChI is InChI=1S/C18H19F/c1-12(2)16-9-10-18(19)17(11-16)15-7-5-14(6-8-15)13-3-4-13/h5-13H,3-4H2,1-2H3. The molecule has 0 saturated heterocycles. The van der Waals surface area contributed by atoms with Gasteiger partial charge in [0.25, 0.3) is 0 Å². The molecule has 3 rings (SSSR count). The predicted octanol–water partition coefficient (Wildman–Crippen LogP) is 5.49. The fourth-order valence-corrected chi connectivity index (χ4v) is 2.47. The zero-order chi connectivity index (χ0) is 13.4. The smallest absolute Gasteiger partial charge is 0.131 e. The van der Waals surface area contributed by atoms with Crippen LogP contribution in [0.25, 0.3) is 11.1 Å². The maximum Gasteiger partial charge on any atom is 0.131 e. The van der Waals surface area contributed by atoms with Gasteiger partial charge in [-0.3, -0.25) is 0 Å². The van der Waals surface area contributed by atoms with Crippen LogP contribution < -0.4 is 0 Å². The van der Waals surface area contributed by atoms with Gasteiger partial charge in [0, 0.05) is 5.56 Å². The average molecular weight is 254 g/mol. The van der Waals surface area contributed by atoms with E-state index in [9.17, 15) is 4.39 Å². The molecule has 0 N–H and O–H groups in total. The van der Waals surface area contributed by atoms with Crippen LogP contribution in [0.2, 0.25) is 0 Å². The second-order valence-electron chi connectivity index (χ2n) is 5.79. The molecular weight excluding hydrogens is 235 g/mol. The Morgan fingerprint density at radius 1 is 1.00 bits per heavy atom. The van der Waals surface area contributed by atoms with Crippen molar-refractivity contribution in [3.8, 4) is 11.1 Å². The first-order chi connectivity index (χ1) is 9.15. The molecule has 98 valence electrons. The van der Waals surface area contributed by atoms with Crippen LogP contribution in [0.5, 0.6) is 0 Å². The molecule has 0 atom stereocenters. The van der Waals surface area contributed by atoms with Gasteiger partial charge in [-0.2, -0.15) is 0 Å². The largest absolute Gasteiger partial charge is 0.206 e. The van der Waals surface area contributed by atoms with Crippen molar-refractivity contribution in [2.24, 2.45) is 0 Å². The molecule has 2 aromatic rings. The van der Waals surface area contributed by atoms with E-state index < -0.39 is 0 Å². The summed E-state index contributed by atoms with van der Waals surface area (Å²) in [6.07, 6.45) is 2.60. The average Bonchev–Trinajstić information content (AvgIpc) is 3.23. The highest BCUT2D eigenvalue weighted by Gasteiger charge is 2.23. The lowest BCUT2D eigenvalue weighted by Gasteiger charge is -2.10. The second kappa shape index (κ2) is 4.80. The molecule has 2 aromatic carbocycles. The van der Waals surface area contributed by atoms with E-state index in [0.717, 1.165) is 11.5 Å². The number of hydrogen-bond donors (Lipinski definition) is 0. The van der Waals surface area contributed by atoms with E-state index >= 15 is 0 Å². The highest BCUT2D eigenvalue weighted by molar-refractivity contribution is 5.65. The Balaban J connectivity index is 1.97. The van der Waals surface area contributed by atoms with Gasteiger partial charge >= 0.3 is 0 Å². The van der Waals surface area contributed by atoms with Crippen LogP contribution in [0.4, 0.5) is 4.39 Å². The van der Waals surface area contributed by atoms with Gasteiger partial charge in [-0.25, -0.2) is 4.39 Å². The van der Waals surface area contributed by atoms with E-state index in [1.54, 1.807) is 6.07 Å². The highest BCUT2D eigenvalue weighted by atomic mass is 19.1. The topological polar surface area (TPSA) is 0 Å². The highest BCUT2D eigenvalue weighted by Crippen LogP contribution is 2.40. The third-order valence-corrected chi connectivity index (χ3v) is 3.93. The SMILES string of the molecule is CC(C)c1ccc(F)c(-c2ccc(C3CC3)cc2)c1. The van der Waals surface area contributed by atoms with Crippen molar-refractivity contribution in [3.63, 3.8) is 0 Å². The lowest BCUT2D eigenvalue weighted by atomic mass is 9.96. The normalized spacial score (nSPS) is 14.9. The van der Waals surface area contributed by atoms with E-state index in [1.807, 2.05) is 12.1 Å². The fourth-order valence-electron chi connectivity index (χ4n) is 2.47. The summed E-state index contributed by atoms with van der Waals surface area (Å²) in [4.78, 5) is 0. The van der Waals surface area contributed by atoms with E-state index in [0.29, 0.717) is 11.5 Å². The Hall–Kier alpha value is -1.63. The Bertz CT molecular complexity index is 577. The van der Waals surface area contributed by atoms with Gasteiger partial charge in [0.2, 0.25) is 0 Å². The van der Waals surface area contributed by atoms with Gasteiger partial charge in [0.05, 0.1) is 0 Å². The van der Waals surface area contributed by atoms with Gasteiger partial charge in [0.1, 0.15) is 5.82 Å². The van der Waals surface area contributed by atoms with Crippen LogP contribution in [-0.2, 0) is 0 Å². The molecular formula is C18H19F. The van der Waals surface area contributed by atoms with Crippen LogP contribution in [0.3, 0.4) is 0 Å². The zero-order valence-corrected chi connectivity index (χ0v) is 11.5. The molecule has 0 aromatic heterocycles. The van der Waals surface area contributed by atoms with E-state index in [2.05, 4.69) is 38.1 Å². The van der Waals surface area contributed by atoms with Crippen LogP contribution in [0.15, 0.2) is 42.5 Å². The third-order valence-electron chi connectivity index (χ3n) is 3.93. The molecule has 0 amide bonds. The van der Waals surface area contributed by atoms with Gasteiger partial charge in [0.15, 0.2) is 0 Å². The van der Waals surface area contributed by atoms with Gasteiger partial charge in [-0.05, 0) is 53.5 Å². The molecule has 0 radical (unpaired) electrons. The summed E-state index contributed by atoms with van der Waals surface area (Å²) in [6, 6.07) is 13.8. The van der Waals surface area contributed by atoms with Gasteiger partial charge in [-0.1, -0.05) is 44.2 Å². The van der Waals surface area contributed by atoms with Crippen molar-refractivity contribution in [1.82, 2.24) is 0 Å². The minimum Gasteiger partial charge on any atom is -0.206 e. The Morgan fingerprint density at radius 2 is 1.68 bits per heavy atom. The van der Waals surface area contributed by atoms with Crippen molar-refractivity contribution in [1.29, 1.82) is 0 Å². The molecule has 1 aliphatic carbocycles. The summed E-state index contributed by atoms with van der Waals surface area (Å²) in [5.41, 5.74) is 4.27. The summed E-state index contributed by atoms with van der Waals surface area (Å²) in [5, 5.41) is 0. The first kappa shape index (κ1) is 12.4. The summed E-state index contributed by atoms with van der Waals surface area (Å²) in [5.74, 6) is 1.04. The number of hydrogen-bond acceptors (Lipinski definition) is 0. The lowest BCUT2D eigenvalue weighted by Crippen LogP contribution is -1.91. The van der Waals surface area contributed by atoms with Crippen molar-refractivity contribution in [2.45, 2.75) is 38.5 Å². The molecule has 19 heavy (non-hydrogen) atoms. The maximum absolute atomic E-state index is 14.0. The van der Waals surface area contributed by atoms with Crippen LogP contribution in [-0.4, -0.2) is 0 Å². The molecule has 0 spiro atoms. The molecule has 0 bridgehead atoms. The summed E-state index contributed by atoms with van der Waals surface area (Å²) in [6.45, 7) is 4.26. The first-order valence-corrected chi connectivity index (χ1v) is 7.05. The fraction of sp³-hybridized carbons (Fsp3) is 0.333. The molecule has 1 heteroatoms. The van der Waals surface area contributed by atoms with E-state index in [-0.39, 0.29) is 5.82 Å². The molecule has 1 fully saturated rings. The molecule has 0 aliphatic heterocycles. The van der Waals surface area contributed by atoms with Crippen molar-refractivity contribution >= 4 is 0 Å². The summed E-state index contributed by atoms with van der Waals surface area (Å²) < 4.78 is 14.0. The van der Waals surface area contributed by atoms with Gasteiger partial charge in [-0.15, -0.1) is 0 Å². The second-order valence-corrected chi connectivity index (χ2v) is 5.79. The van der Waals surface area contributed by atoms with E-state index in [4.69, 9.17) is 0 Å². The quantitative estimate of drug-likeness (QED) is 0.679. The molecule has 0 nitrogen and oxygen atoms in total. The summed E-state index contributed by atoms with van der Waals surface area (Å²) >= 11 is 0. The Labute approximate surface area is 114 Å². The van der Waals surface area contributed by atoms with Crippen molar-refractivity contribution in [3.05, 3.63) is 59.4 Å². The Morgan fingerprint density at radius 3 is 2.26 bits per heavy atom. The molecule has 0 unspecified atom stereocenters. The summed E-state index contributed by atoms with van der Waals surface area (Å²) in [7, 11) is 0. The predicted molar refractivity (Wildman–Crippen MR) is 77.9 cm³/mol. The van der Waals surface area contributed by atoms with Crippen molar-refractivity contribution in [2.75, 3.05) is 0 Å². The molecule has 1 aliphatic rings. The first-order valence-electron chi connectivity index (χ1n) is 7.05.